The standard InChI is InChI=1S/C30H29F3N6O4S/c31-30(32,33)21-9-10-23(36-15-21)19-6-4-18(5-7-19)16-39-24-14-20(8-11-25(24)44(41,42)17-22(34)27(39)40)26-37-38-28(43-26)29(35)12-2-1-3-13-29/h4-11,14-15,22H,1-3,12-13,16-17,34-35H2/t22-/m0/s1. The van der Waals surface area contributed by atoms with Crippen LogP contribution in [0.2, 0.25) is 0 Å². The van der Waals surface area contributed by atoms with E-state index in [2.05, 4.69) is 15.2 Å². The molecule has 1 fully saturated rings. The van der Waals surface area contributed by atoms with Crippen molar-refractivity contribution in [3.63, 3.8) is 0 Å². The van der Waals surface area contributed by atoms with Gasteiger partial charge in [-0.25, -0.2) is 8.42 Å². The van der Waals surface area contributed by atoms with Crippen LogP contribution < -0.4 is 16.4 Å². The second kappa shape index (κ2) is 11.1. The zero-order valence-electron chi connectivity index (χ0n) is 23.4. The molecule has 4 aromatic rings. The summed E-state index contributed by atoms with van der Waals surface area (Å²) in [4.78, 5) is 18.6. The molecule has 2 aromatic heterocycles. The number of fused-ring (bicyclic) bond motifs is 1. The molecule has 1 atom stereocenters. The molecule has 6 rings (SSSR count). The second-order valence-electron chi connectivity index (χ2n) is 11.3. The van der Waals surface area contributed by atoms with Crippen molar-refractivity contribution in [2.24, 2.45) is 11.5 Å². The van der Waals surface area contributed by atoms with E-state index in [0.717, 1.165) is 31.5 Å². The Bertz CT molecular complexity index is 1800. The molecule has 0 spiro atoms. The van der Waals surface area contributed by atoms with Gasteiger partial charge in [-0.3, -0.25) is 9.78 Å². The van der Waals surface area contributed by atoms with E-state index in [1.54, 1.807) is 30.3 Å². The number of hydrogen-bond donors (Lipinski definition) is 2. The lowest BCUT2D eigenvalue weighted by Gasteiger charge is -2.29. The lowest BCUT2D eigenvalue weighted by Crippen LogP contribution is -2.45. The first-order valence-corrected chi connectivity index (χ1v) is 15.7. The van der Waals surface area contributed by atoms with E-state index < -0.39 is 44.8 Å². The van der Waals surface area contributed by atoms with Gasteiger partial charge in [-0.2, -0.15) is 13.2 Å². The van der Waals surface area contributed by atoms with E-state index in [4.69, 9.17) is 15.9 Å². The number of amides is 1. The Hall–Kier alpha value is -4.14. The summed E-state index contributed by atoms with van der Waals surface area (Å²) >= 11 is 0. The molecule has 1 saturated carbocycles. The number of nitrogens with zero attached hydrogens (tertiary/aromatic N) is 4. The van der Waals surface area contributed by atoms with Crippen molar-refractivity contribution in [2.45, 2.75) is 61.3 Å². The fraction of sp³-hybridized carbons (Fsp3) is 0.333. The molecule has 44 heavy (non-hydrogen) atoms. The van der Waals surface area contributed by atoms with Crippen molar-refractivity contribution in [3.05, 3.63) is 77.8 Å². The highest BCUT2D eigenvalue weighted by atomic mass is 32.2. The van der Waals surface area contributed by atoms with E-state index in [9.17, 15) is 26.4 Å². The third-order valence-corrected chi connectivity index (χ3v) is 9.91. The molecule has 1 aliphatic heterocycles. The van der Waals surface area contributed by atoms with Crippen LogP contribution in [-0.4, -0.2) is 41.3 Å². The topological polar surface area (TPSA) is 158 Å². The maximum Gasteiger partial charge on any atom is 0.417 e. The lowest BCUT2D eigenvalue weighted by atomic mass is 9.82. The summed E-state index contributed by atoms with van der Waals surface area (Å²) in [7, 11) is -3.93. The summed E-state index contributed by atoms with van der Waals surface area (Å²) in [5.74, 6) is -0.697. The number of aromatic nitrogens is 3. The number of anilines is 1. The first-order valence-electron chi connectivity index (χ1n) is 14.0. The van der Waals surface area contributed by atoms with Gasteiger partial charge in [0.05, 0.1) is 45.7 Å². The molecule has 4 N–H and O–H groups in total. The van der Waals surface area contributed by atoms with Crippen LogP contribution in [0.1, 0.15) is 49.1 Å². The van der Waals surface area contributed by atoms with Gasteiger partial charge < -0.3 is 20.8 Å². The van der Waals surface area contributed by atoms with Gasteiger partial charge in [-0.1, -0.05) is 43.5 Å². The van der Waals surface area contributed by atoms with Gasteiger partial charge in [0.15, 0.2) is 9.84 Å². The highest BCUT2D eigenvalue weighted by molar-refractivity contribution is 7.91. The van der Waals surface area contributed by atoms with Crippen LogP contribution in [-0.2, 0) is 32.9 Å². The Balaban J connectivity index is 1.32. The van der Waals surface area contributed by atoms with Crippen LogP contribution in [0, 0.1) is 0 Å². The summed E-state index contributed by atoms with van der Waals surface area (Å²) < 4.78 is 71.2. The summed E-state index contributed by atoms with van der Waals surface area (Å²) in [6.07, 6.45) is 0.682. The van der Waals surface area contributed by atoms with Crippen LogP contribution in [0.5, 0.6) is 0 Å². The molecule has 2 aromatic carbocycles. The fourth-order valence-corrected chi connectivity index (χ4v) is 7.20. The zero-order chi connectivity index (χ0) is 31.3. The number of hydrogen-bond acceptors (Lipinski definition) is 9. The van der Waals surface area contributed by atoms with E-state index in [0.29, 0.717) is 41.1 Å². The number of nitrogens with two attached hydrogens (primary N) is 2. The SMILES string of the molecule is N[C@H]1CS(=O)(=O)c2ccc(-c3nnc(C4(N)CCCCC4)o3)cc2N(Cc2ccc(-c3ccc(C(F)(F)F)cn3)cc2)C1=O. The van der Waals surface area contributed by atoms with Crippen molar-refractivity contribution in [2.75, 3.05) is 10.7 Å². The first-order chi connectivity index (χ1) is 20.8. The van der Waals surface area contributed by atoms with Gasteiger partial charge in [0.2, 0.25) is 17.7 Å². The Labute approximate surface area is 251 Å². The molecule has 0 saturated heterocycles. The van der Waals surface area contributed by atoms with E-state index in [-0.39, 0.29) is 23.0 Å². The summed E-state index contributed by atoms with van der Waals surface area (Å²) in [6, 6.07) is 12.1. The van der Waals surface area contributed by atoms with Crippen molar-refractivity contribution < 1.29 is 30.8 Å². The maximum absolute atomic E-state index is 13.5. The summed E-state index contributed by atoms with van der Waals surface area (Å²) in [5.41, 5.74) is 13.1. The Morgan fingerprint density at radius 2 is 1.68 bits per heavy atom. The molecule has 3 heterocycles. The van der Waals surface area contributed by atoms with Crippen molar-refractivity contribution in [1.29, 1.82) is 0 Å². The molecule has 0 unspecified atom stereocenters. The third-order valence-electron chi connectivity index (χ3n) is 8.09. The molecule has 14 heteroatoms. The number of carbonyl (C=O) groups excluding carboxylic acids is 1. The van der Waals surface area contributed by atoms with Gasteiger partial charge in [0.1, 0.15) is 0 Å². The average molecular weight is 627 g/mol. The van der Waals surface area contributed by atoms with Crippen molar-refractivity contribution >= 4 is 21.4 Å². The van der Waals surface area contributed by atoms with Crippen LogP contribution in [0.4, 0.5) is 18.9 Å². The average Bonchev–Trinajstić information content (AvgIpc) is 3.49. The lowest BCUT2D eigenvalue weighted by molar-refractivity contribution is -0.137. The number of pyridine rings is 1. The maximum atomic E-state index is 13.5. The van der Waals surface area contributed by atoms with E-state index in [1.807, 2.05) is 0 Å². The monoisotopic (exact) mass is 626 g/mol. The van der Waals surface area contributed by atoms with Crippen LogP contribution in [0.3, 0.4) is 0 Å². The number of sulfone groups is 1. The molecule has 1 amide bonds. The minimum absolute atomic E-state index is 0.0276. The molecule has 0 bridgehead atoms. The van der Waals surface area contributed by atoms with Crippen LogP contribution >= 0.6 is 0 Å². The smallest absolute Gasteiger partial charge is 0.417 e. The van der Waals surface area contributed by atoms with Crippen molar-refractivity contribution in [1.82, 2.24) is 15.2 Å². The van der Waals surface area contributed by atoms with E-state index in [1.165, 1.54) is 23.1 Å². The zero-order valence-corrected chi connectivity index (χ0v) is 24.2. The first kappa shape index (κ1) is 29.9. The molecular weight excluding hydrogens is 597 g/mol. The van der Waals surface area contributed by atoms with Gasteiger partial charge in [0, 0.05) is 17.3 Å². The summed E-state index contributed by atoms with van der Waals surface area (Å²) in [6.45, 7) is -0.0276. The molecule has 230 valence electrons. The third kappa shape index (κ3) is 5.72. The highest BCUT2D eigenvalue weighted by Gasteiger charge is 2.38. The Morgan fingerprint density at radius 1 is 0.977 bits per heavy atom. The normalized spacial score (nSPS) is 19.8. The predicted molar refractivity (Wildman–Crippen MR) is 155 cm³/mol. The largest absolute Gasteiger partial charge is 0.419 e. The number of carbonyl (C=O) groups is 1. The molecule has 1 aliphatic carbocycles. The van der Waals surface area contributed by atoms with Gasteiger partial charge in [-0.15, -0.1) is 10.2 Å². The van der Waals surface area contributed by atoms with Crippen molar-refractivity contribution in [3.8, 4) is 22.7 Å². The second-order valence-corrected chi connectivity index (χ2v) is 13.3. The molecule has 2 aliphatic rings. The molecule has 10 nitrogen and oxygen atoms in total. The number of benzene rings is 2. The van der Waals surface area contributed by atoms with Gasteiger partial charge in [-0.05, 0) is 48.7 Å². The van der Waals surface area contributed by atoms with Gasteiger partial charge in [0.25, 0.3) is 0 Å². The van der Waals surface area contributed by atoms with Crippen LogP contribution in [0.25, 0.3) is 22.7 Å². The van der Waals surface area contributed by atoms with Gasteiger partial charge >= 0.3 is 6.18 Å². The molecule has 0 radical (unpaired) electrons. The Morgan fingerprint density at radius 3 is 2.34 bits per heavy atom. The Kier molecular flexibility index (Phi) is 7.54. The number of rotatable bonds is 5. The fourth-order valence-electron chi connectivity index (χ4n) is 5.64. The van der Waals surface area contributed by atoms with Crippen LogP contribution in [0.15, 0.2) is 70.1 Å². The predicted octanol–water partition coefficient (Wildman–Crippen LogP) is 4.58. The summed E-state index contributed by atoms with van der Waals surface area (Å²) in [5, 5.41) is 8.36. The van der Waals surface area contributed by atoms with E-state index >= 15 is 0 Å². The minimum Gasteiger partial charge on any atom is -0.419 e. The highest BCUT2D eigenvalue weighted by Crippen LogP contribution is 2.38. The number of alkyl halides is 3. The molecular formula is C30H29F3N6O4S. The number of halogens is 3. The quantitative estimate of drug-likeness (QED) is 0.323. The minimum atomic E-state index is -4.49.